The van der Waals surface area contributed by atoms with E-state index in [1.165, 1.54) is 14.2 Å². The van der Waals surface area contributed by atoms with Crippen LogP contribution in [0.25, 0.3) is 0 Å². The molecule has 6 heteroatoms. The highest BCUT2D eigenvalue weighted by molar-refractivity contribution is 6.33. The first-order chi connectivity index (χ1) is 9.63. The van der Waals surface area contributed by atoms with Crippen molar-refractivity contribution in [1.29, 1.82) is 0 Å². The first kappa shape index (κ1) is 14.6. The standard InChI is InChI=1S/C14H14ClNO4/c1-19-12-9(7-17)11(15)6-10(13(12)20-2)14(16-8-18)4-3-5-14/h6-7H,3-5H2,1-2H3. The van der Waals surface area contributed by atoms with Crippen LogP contribution in [0.4, 0.5) is 0 Å². The number of methoxy groups -OCH3 is 2. The van der Waals surface area contributed by atoms with Crippen LogP contribution in [0, 0.1) is 0 Å². The van der Waals surface area contributed by atoms with Gasteiger partial charge < -0.3 is 9.47 Å². The van der Waals surface area contributed by atoms with E-state index >= 15 is 0 Å². The number of rotatable bonds is 5. The summed E-state index contributed by atoms with van der Waals surface area (Å²) in [6, 6.07) is 1.62. The number of aliphatic imine (C=N–C) groups is 1. The molecule has 0 N–H and O–H groups in total. The molecule has 0 amide bonds. The van der Waals surface area contributed by atoms with Crippen LogP contribution in [0.5, 0.6) is 11.5 Å². The summed E-state index contributed by atoms with van der Waals surface area (Å²) in [6.45, 7) is 0. The number of ether oxygens (including phenoxy) is 2. The Morgan fingerprint density at radius 3 is 2.40 bits per heavy atom. The second-order valence-corrected chi connectivity index (χ2v) is 5.00. The number of aldehydes is 1. The number of isocyanates is 1. The molecule has 20 heavy (non-hydrogen) atoms. The monoisotopic (exact) mass is 295 g/mol. The van der Waals surface area contributed by atoms with Crippen LogP contribution in [0.15, 0.2) is 11.1 Å². The van der Waals surface area contributed by atoms with E-state index in [4.69, 9.17) is 21.1 Å². The zero-order valence-corrected chi connectivity index (χ0v) is 12.0. The van der Waals surface area contributed by atoms with E-state index in [2.05, 4.69) is 4.99 Å². The Morgan fingerprint density at radius 2 is 2.00 bits per heavy atom. The predicted molar refractivity (Wildman–Crippen MR) is 73.6 cm³/mol. The molecule has 0 bridgehead atoms. The fourth-order valence-corrected chi connectivity index (χ4v) is 2.76. The molecule has 0 aliphatic heterocycles. The first-order valence-electron chi connectivity index (χ1n) is 6.12. The summed E-state index contributed by atoms with van der Waals surface area (Å²) >= 11 is 6.12. The number of carbonyl (C=O) groups is 1. The highest BCUT2D eigenvalue weighted by Gasteiger charge is 2.42. The van der Waals surface area contributed by atoms with Crippen molar-refractivity contribution in [2.75, 3.05) is 14.2 Å². The fourth-order valence-electron chi connectivity index (χ4n) is 2.52. The van der Waals surface area contributed by atoms with Crippen molar-refractivity contribution in [3.05, 3.63) is 22.2 Å². The van der Waals surface area contributed by atoms with Crippen LogP contribution in [-0.4, -0.2) is 26.6 Å². The highest BCUT2D eigenvalue weighted by Crippen LogP contribution is 2.52. The molecule has 1 aromatic carbocycles. The van der Waals surface area contributed by atoms with Gasteiger partial charge in [-0.25, -0.2) is 4.79 Å². The Hall–Kier alpha value is -1.84. The summed E-state index contributed by atoms with van der Waals surface area (Å²) in [7, 11) is 2.90. The Morgan fingerprint density at radius 1 is 1.35 bits per heavy atom. The molecule has 0 atom stereocenters. The third-order valence-electron chi connectivity index (χ3n) is 3.69. The number of halogens is 1. The van der Waals surface area contributed by atoms with E-state index in [0.29, 0.717) is 30.4 Å². The maximum atomic E-state index is 11.1. The number of nitrogens with zero attached hydrogens (tertiary/aromatic N) is 1. The topological polar surface area (TPSA) is 65.0 Å². The average molecular weight is 296 g/mol. The molecule has 0 radical (unpaired) electrons. The molecule has 0 aromatic heterocycles. The Balaban J connectivity index is 2.73. The minimum atomic E-state index is -0.675. The van der Waals surface area contributed by atoms with Gasteiger partial charge in [0.15, 0.2) is 17.8 Å². The Labute approximate surface area is 121 Å². The third-order valence-corrected chi connectivity index (χ3v) is 4.00. The molecule has 5 nitrogen and oxygen atoms in total. The fraction of sp³-hybridized carbons (Fsp3) is 0.429. The molecule has 1 fully saturated rings. The Kier molecular flexibility index (Phi) is 4.12. The maximum absolute atomic E-state index is 11.1. The summed E-state index contributed by atoms with van der Waals surface area (Å²) < 4.78 is 10.6. The molecule has 2 rings (SSSR count). The lowest BCUT2D eigenvalue weighted by Crippen LogP contribution is -2.32. The summed E-state index contributed by atoms with van der Waals surface area (Å²) in [5.74, 6) is 0.648. The summed E-state index contributed by atoms with van der Waals surface area (Å²) in [6.07, 6.45) is 4.59. The SMILES string of the molecule is COc1c(C2(N=C=O)CCC2)cc(Cl)c(C=O)c1OC. The van der Waals surface area contributed by atoms with Crippen molar-refractivity contribution < 1.29 is 19.1 Å². The molecule has 0 saturated heterocycles. The van der Waals surface area contributed by atoms with Crippen LogP contribution in [0.2, 0.25) is 5.02 Å². The van der Waals surface area contributed by atoms with Gasteiger partial charge in [-0.3, -0.25) is 4.79 Å². The van der Waals surface area contributed by atoms with E-state index in [-0.39, 0.29) is 16.3 Å². The van der Waals surface area contributed by atoms with Crippen molar-refractivity contribution in [3.8, 4) is 11.5 Å². The zero-order chi connectivity index (χ0) is 14.8. The minimum Gasteiger partial charge on any atom is -0.492 e. The van der Waals surface area contributed by atoms with Gasteiger partial charge in [0.25, 0.3) is 0 Å². The molecule has 1 aliphatic rings. The maximum Gasteiger partial charge on any atom is 0.235 e. The largest absolute Gasteiger partial charge is 0.492 e. The number of carbonyl (C=O) groups excluding carboxylic acids is 2. The van der Waals surface area contributed by atoms with E-state index in [1.54, 1.807) is 12.1 Å². The molecule has 1 saturated carbocycles. The summed E-state index contributed by atoms with van der Waals surface area (Å²) in [5.41, 5.74) is 0.201. The molecular formula is C14H14ClNO4. The molecule has 0 unspecified atom stereocenters. The zero-order valence-electron chi connectivity index (χ0n) is 11.2. The van der Waals surface area contributed by atoms with Gasteiger partial charge in [0.2, 0.25) is 6.08 Å². The number of benzene rings is 1. The van der Waals surface area contributed by atoms with E-state index < -0.39 is 5.54 Å². The average Bonchev–Trinajstić information content (AvgIpc) is 2.41. The minimum absolute atomic E-state index is 0.222. The van der Waals surface area contributed by atoms with Crippen molar-refractivity contribution in [2.24, 2.45) is 4.99 Å². The van der Waals surface area contributed by atoms with Crippen LogP contribution >= 0.6 is 11.6 Å². The van der Waals surface area contributed by atoms with Crippen molar-refractivity contribution in [1.82, 2.24) is 0 Å². The van der Waals surface area contributed by atoms with E-state index in [1.807, 2.05) is 0 Å². The van der Waals surface area contributed by atoms with Crippen LogP contribution < -0.4 is 9.47 Å². The normalized spacial score (nSPS) is 15.8. The predicted octanol–water partition coefficient (Wildman–Crippen LogP) is 2.88. The van der Waals surface area contributed by atoms with Crippen molar-refractivity contribution in [2.45, 2.75) is 24.8 Å². The second-order valence-electron chi connectivity index (χ2n) is 4.59. The van der Waals surface area contributed by atoms with Gasteiger partial charge in [0, 0.05) is 5.56 Å². The lowest BCUT2D eigenvalue weighted by molar-refractivity contribution is 0.111. The highest BCUT2D eigenvalue weighted by atomic mass is 35.5. The third kappa shape index (κ3) is 2.09. The molecular weight excluding hydrogens is 282 g/mol. The van der Waals surface area contributed by atoms with Crippen LogP contribution in [0.3, 0.4) is 0 Å². The van der Waals surface area contributed by atoms with Gasteiger partial charge in [-0.1, -0.05) is 11.6 Å². The van der Waals surface area contributed by atoms with Gasteiger partial charge in [0.1, 0.15) is 5.54 Å². The number of hydrogen-bond acceptors (Lipinski definition) is 5. The van der Waals surface area contributed by atoms with Gasteiger partial charge in [-0.15, -0.1) is 0 Å². The quantitative estimate of drug-likeness (QED) is 0.476. The summed E-state index contributed by atoms with van der Waals surface area (Å²) in [5, 5.41) is 0.250. The molecule has 1 aliphatic carbocycles. The lowest BCUT2D eigenvalue weighted by atomic mass is 9.71. The van der Waals surface area contributed by atoms with E-state index in [0.717, 1.165) is 6.42 Å². The van der Waals surface area contributed by atoms with Gasteiger partial charge >= 0.3 is 0 Å². The van der Waals surface area contributed by atoms with E-state index in [9.17, 15) is 9.59 Å². The van der Waals surface area contributed by atoms with Crippen LogP contribution in [-0.2, 0) is 10.3 Å². The van der Waals surface area contributed by atoms with Crippen molar-refractivity contribution in [3.63, 3.8) is 0 Å². The molecule has 0 spiro atoms. The lowest BCUT2D eigenvalue weighted by Gasteiger charge is -2.38. The molecule has 1 aromatic rings. The van der Waals surface area contributed by atoms with Crippen LogP contribution in [0.1, 0.15) is 35.2 Å². The first-order valence-corrected chi connectivity index (χ1v) is 6.50. The molecule has 0 heterocycles. The summed E-state index contributed by atoms with van der Waals surface area (Å²) in [4.78, 5) is 25.8. The second kappa shape index (κ2) is 5.65. The van der Waals surface area contributed by atoms with Gasteiger partial charge in [0.05, 0.1) is 24.8 Å². The van der Waals surface area contributed by atoms with Crippen molar-refractivity contribution >= 4 is 24.0 Å². The van der Waals surface area contributed by atoms with Gasteiger partial charge in [-0.2, -0.15) is 4.99 Å². The van der Waals surface area contributed by atoms with Gasteiger partial charge in [-0.05, 0) is 25.3 Å². The Bertz CT molecular complexity index is 589. The molecule has 106 valence electrons. The smallest absolute Gasteiger partial charge is 0.235 e. The number of hydrogen-bond donors (Lipinski definition) is 0.